The molecule has 5 nitrogen and oxygen atoms in total. The summed E-state index contributed by atoms with van der Waals surface area (Å²) in [5, 5.41) is 8.70. The molecule has 0 bridgehead atoms. The monoisotopic (exact) mass is 403 g/mol. The van der Waals surface area contributed by atoms with Crippen LogP contribution in [-0.4, -0.2) is 16.4 Å². The summed E-state index contributed by atoms with van der Waals surface area (Å²) in [6, 6.07) is 21.1. The summed E-state index contributed by atoms with van der Waals surface area (Å²) in [4.78, 5) is 25.7. The van der Waals surface area contributed by atoms with E-state index in [-0.39, 0.29) is 11.8 Å². The maximum Gasteiger partial charge on any atom is 0.268 e. The van der Waals surface area contributed by atoms with Gasteiger partial charge in [0.2, 0.25) is 0 Å². The number of amides is 2. The minimum atomic E-state index is -0.130. The van der Waals surface area contributed by atoms with Crippen molar-refractivity contribution in [3.8, 4) is 0 Å². The molecule has 2 N–H and O–H groups in total. The second-order valence-corrected chi connectivity index (χ2v) is 7.59. The Morgan fingerprint density at radius 3 is 2.52 bits per heavy atom. The van der Waals surface area contributed by atoms with Crippen LogP contribution in [0.4, 0.5) is 5.69 Å². The largest absolute Gasteiger partial charge is 0.347 e. The highest BCUT2D eigenvalue weighted by molar-refractivity contribution is 7.12. The van der Waals surface area contributed by atoms with Gasteiger partial charge in [-0.1, -0.05) is 36.4 Å². The second-order valence-electron chi connectivity index (χ2n) is 6.65. The molecule has 0 saturated heterocycles. The SMILES string of the molecule is CCn1c(C(=O)NCc2ccccc2)cc2cc(NC(=O)c3cccs3)ccc21. The number of rotatable bonds is 6. The number of anilines is 1. The first-order valence-corrected chi connectivity index (χ1v) is 10.3. The van der Waals surface area contributed by atoms with Crippen LogP contribution in [0.15, 0.2) is 72.1 Å². The van der Waals surface area contributed by atoms with Crippen LogP contribution in [0.5, 0.6) is 0 Å². The number of nitrogens with one attached hydrogen (secondary N) is 2. The van der Waals surface area contributed by atoms with E-state index in [4.69, 9.17) is 0 Å². The van der Waals surface area contributed by atoms with E-state index in [2.05, 4.69) is 10.6 Å². The van der Waals surface area contributed by atoms with Gasteiger partial charge in [-0.05, 0) is 48.2 Å². The molecular formula is C23H21N3O2S. The summed E-state index contributed by atoms with van der Waals surface area (Å²) in [5.41, 5.74) is 3.34. The summed E-state index contributed by atoms with van der Waals surface area (Å²) < 4.78 is 1.99. The Balaban J connectivity index is 1.56. The summed E-state index contributed by atoms with van der Waals surface area (Å²) in [6.07, 6.45) is 0. The van der Waals surface area contributed by atoms with Crippen LogP contribution < -0.4 is 10.6 Å². The summed E-state index contributed by atoms with van der Waals surface area (Å²) in [7, 11) is 0. The molecule has 29 heavy (non-hydrogen) atoms. The molecule has 2 aromatic heterocycles. The van der Waals surface area contributed by atoms with Crippen molar-refractivity contribution in [2.75, 3.05) is 5.32 Å². The lowest BCUT2D eigenvalue weighted by molar-refractivity contribution is 0.0941. The van der Waals surface area contributed by atoms with Crippen LogP contribution in [0.2, 0.25) is 0 Å². The first-order valence-electron chi connectivity index (χ1n) is 9.46. The van der Waals surface area contributed by atoms with E-state index in [0.717, 1.165) is 16.5 Å². The first kappa shape index (κ1) is 19.0. The molecule has 0 fully saturated rings. The molecule has 6 heteroatoms. The quantitative estimate of drug-likeness (QED) is 0.481. The third-order valence-corrected chi connectivity index (χ3v) is 5.62. The van der Waals surface area contributed by atoms with E-state index in [1.54, 1.807) is 6.07 Å². The Bertz CT molecular complexity index is 1150. The number of thiophene rings is 1. The first-order chi connectivity index (χ1) is 14.2. The molecule has 0 aliphatic carbocycles. The maximum atomic E-state index is 12.8. The van der Waals surface area contributed by atoms with E-state index in [1.165, 1.54) is 11.3 Å². The van der Waals surface area contributed by atoms with E-state index >= 15 is 0 Å². The Morgan fingerprint density at radius 1 is 0.966 bits per heavy atom. The molecule has 0 spiro atoms. The van der Waals surface area contributed by atoms with Gasteiger partial charge in [0.25, 0.3) is 11.8 Å². The highest BCUT2D eigenvalue weighted by atomic mass is 32.1. The molecule has 2 heterocycles. The summed E-state index contributed by atoms with van der Waals surface area (Å²) >= 11 is 1.40. The second kappa shape index (κ2) is 8.32. The third kappa shape index (κ3) is 4.07. The maximum absolute atomic E-state index is 12.8. The Kier molecular flexibility index (Phi) is 5.44. The topological polar surface area (TPSA) is 63.1 Å². The molecule has 4 rings (SSSR count). The van der Waals surface area contributed by atoms with Crippen molar-refractivity contribution in [2.24, 2.45) is 0 Å². The Hall–Kier alpha value is -3.38. The molecule has 0 unspecified atom stereocenters. The minimum absolute atomic E-state index is 0.115. The molecule has 0 atom stereocenters. The number of fused-ring (bicyclic) bond motifs is 1. The fourth-order valence-electron chi connectivity index (χ4n) is 3.35. The highest BCUT2D eigenvalue weighted by Gasteiger charge is 2.15. The van der Waals surface area contributed by atoms with Gasteiger partial charge in [0, 0.05) is 29.7 Å². The van der Waals surface area contributed by atoms with Gasteiger partial charge in [-0.25, -0.2) is 0 Å². The predicted molar refractivity (Wildman–Crippen MR) is 117 cm³/mol. The van der Waals surface area contributed by atoms with Crippen molar-refractivity contribution in [2.45, 2.75) is 20.0 Å². The number of benzene rings is 2. The van der Waals surface area contributed by atoms with Crippen molar-refractivity contribution in [1.29, 1.82) is 0 Å². The molecule has 2 aromatic carbocycles. The van der Waals surface area contributed by atoms with E-state index in [9.17, 15) is 9.59 Å². The average Bonchev–Trinajstić information content (AvgIpc) is 3.40. The van der Waals surface area contributed by atoms with E-state index in [1.807, 2.05) is 77.5 Å². The van der Waals surface area contributed by atoms with E-state index in [0.29, 0.717) is 29.3 Å². The summed E-state index contributed by atoms with van der Waals surface area (Å²) in [6.45, 7) is 3.17. The molecule has 0 aliphatic heterocycles. The number of nitrogens with zero attached hydrogens (tertiary/aromatic N) is 1. The fraction of sp³-hybridized carbons (Fsp3) is 0.130. The lowest BCUT2D eigenvalue weighted by Gasteiger charge is -2.09. The lowest BCUT2D eigenvalue weighted by atomic mass is 10.2. The number of carbonyl (C=O) groups is 2. The van der Waals surface area contributed by atoms with Gasteiger partial charge in [-0.2, -0.15) is 0 Å². The number of hydrogen-bond acceptors (Lipinski definition) is 3. The molecule has 0 radical (unpaired) electrons. The number of hydrogen-bond donors (Lipinski definition) is 2. The van der Waals surface area contributed by atoms with Crippen LogP contribution in [0.1, 0.15) is 32.6 Å². The smallest absolute Gasteiger partial charge is 0.268 e. The van der Waals surface area contributed by atoms with Gasteiger partial charge >= 0.3 is 0 Å². The zero-order valence-corrected chi connectivity index (χ0v) is 16.8. The molecule has 0 aliphatic rings. The zero-order valence-electron chi connectivity index (χ0n) is 16.0. The van der Waals surface area contributed by atoms with Gasteiger partial charge in [-0.3, -0.25) is 9.59 Å². The number of aryl methyl sites for hydroxylation is 1. The number of carbonyl (C=O) groups excluding carboxylic acids is 2. The van der Waals surface area contributed by atoms with Crippen LogP contribution in [0.3, 0.4) is 0 Å². The Labute approximate surface area is 173 Å². The molecule has 0 saturated carbocycles. The number of aromatic nitrogens is 1. The van der Waals surface area contributed by atoms with Gasteiger partial charge in [0.05, 0.1) is 4.88 Å². The fourth-order valence-corrected chi connectivity index (χ4v) is 3.97. The normalized spacial score (nSPS) is 10.8. The van der Waals surface area contributed by atoms with Crippen LogP contribution in [0.25, 0.3) is 10.9 Å². The van der Waals surface area contributed by atoms with Crippen molar-refractivity contribution >= 4 is 39.7 Å². The van der Waals surface area contributed by atoms with Crippen LogP contribution in [-0.2, 0) is 13.1 Å². The molecule has 146 valence electrons. The third-order valence-electron chi connectivity index (χ3n) is 4.75. The van der Waals surface area contributed by atoms with Crippen molar-refractivity contribution < 1.29 is 9.59 Å². The van der Waals surface area contributed by atoms with Crippen molar-refractivity contribution in [1.82, 2.24) is 9.88 Å². The summed E-state index contributed by atoms with van der Waals surface area (Å²) in [5.74, 6) is -0.244. The van der Waals surface area contributed by atoms with Gasteiger partial charge in [-0.15, -0.1) is 11.3 Å². The average molecular weight is 404 g/mol. The molecule has 4 aromatic rings. The molecular weight excluding hydrogens is 382 g/mol. The molecule has 2 amide bonds. The minimum Gasteiger partial charge on any atom is -0.347 e. The van der Waals surface area contributed by atoms with Crippen LogP contribution >= 0.6 is 11.3 Å². The predicted octanol–water partition coefficient (Wildman–Crippen LogP) is 4.91. The van der Waals surface area contributed by atoms with Crippen molar-refractivity contribution in [3.05, 3.63) is 88.2 Å². The zero-order chi connectivity index (χ0) is 20.2. The van der Waals surface area contributed by atoms with E-state index < -0.39 is 0 Å². The van der Waals surface area contributed by atoms with Crippen molar-refractivity contribution in [3.63, 3.8) is 0 Å². The van der Waals surface area contributed by atoms with Gasteiger partial charge in [0.1, 0.15) is 5.69 Å². The lowest BCUT2D eigenvalue weighted by Crippen LogP contribution is -2.25. The Morgan fingerprint density at radius 2 is 1.79 bits per heavy atom. The standard InChI is InChI=1S/C23H21N3O2S/c1-2-26-19-11-10-18(25-23(28)21-9-6-12-29-21)13-17(19)14-20(26)22(27)24-15-16-7-4-3-5-8-16/h3-14H,2,15H2,1H3,(H,24,27)(H,25,28). The van der Waals surface area contributed by atoms with Gasteiger partial charge in [0.15, 0.2) is 0 Å². The van der Waals surface area contributed by atoms with Gasteiger partial charge < -0.3 is 15.2 Å². The van der Waals surface area contributed by atoms with Crippen LogP contribution in [0, 0.1) is 0 Å². The highest BCUT2D eigenvalue weighted by Crippen LogP contribution is 2.24.